The van der Waals surface area contributed by atoms with E-state index in [0.717, 1.165) is 5.56 Å². The number of sulfonamides is 1. The lowest BCUT2D eigenvalue weighted by Crippen LogP contribution is -2.42. The van der Waals surface area contributed by atoms with E-state index in [1.165, 1.54) is 0 Å². The van der Waals surface area contributed by atoms with Gasteiger partial charge in [0, 0.05) is 36.8 Å². The molecule has 3 aromatic carbocycles. The van der Waals surface area contributed by atoms with Crippen molar-refractivity contribution < 1.29 is 18.0 Å². The first-order valence-electron chi connectivity index (χ1n) is 11.6. The molecule has 2 amide bonds. The summed E-state index contributed by atoms with van der Waals surface area (Å²) >= 11 is 0. The van der Waals surface area contributed by atoms with Gasteiger partial charge in [0.05, 0.1) is 4.90 Å². The fourth-order valence-corrected chi connectivity index (χ4v) is 5.54. The minimum Gasteiger partial charge on any atom is -0.352 e. The molecule has 2 N–H and O–H groups in total. The van der Waals surface area contributed by atoms with Crippen LogP contribution in [0.15, 0.2) is 83.8 Å². The molecule has 0 unspecified atom stereocenters. The summed E-state index contributed by atoms with van der Waals surface area (Å²) in [7, 11) is -3.77. The van der Waals surface area contributed by atoms with E-state index >= 15 is 0 Å². The molecule has 8 heteroatoms. The number of hydrogen-bond donors (Lipinski definition) is 2. The van der Waals surface area contributed by atoms with Gasteiger partial charge in [-0.25, -0.2) is 8.42 Å². The van der Waals surface area contributed by atoms with Gasteiger partial charge in [0.2, 0.25) is 5.91 Å². The summed E-state index contributed by atoms with van der Waals surface area (Å²) in [5.74, 6) is -0.298. The van der Waals surface area contributed by atoms with E-state index < -0.39 is 10.0 Å². The van der Waals surface area contributed by atoms with Crippen LogP contribution in [-0.4, -0.2) is 38.2 Å². The first kappa shape index (κ1) is 24.5. The van der Waals surface area contributed by atoms with Crippen LogP contribution in [-0.2, 0) is 21.4 Å². The minimum absolute atomic E-state index is 0.00793. The average molecular weight is 492 g/mol. The largest absolute Gasteiger partial charge is 0.352 e. The predicted molar refractivity (Wildman–Crippen MR) is 135 cm³/mol. The van der Waals surface area contributed by atoms with Gasteiger partial charge in [0.15, 0.2) is 0 Å². The number of hydrogen-bond acceptors (Lipinski definition) is 4. The highest BCUT2D eigenvalue weighted by molar-refractivity contribution is 7.92. The molecule has 7 nitrogen and oxygen atoms in total. The number of aryl methyl sites for hydroxylation is 1. The molecule has 1 heterocycles. The molecule has 1 aliphatic heterocycles. The topological polar surface area (TPSA) is 95.6 Å². The van der Waals surface area contributed by atoms with E-state index in [4.69, 9.17) is 0 Å². The highest BCUT2D eigenvalue weighted by atomic mass is 32.2. The van der Waals surface area contributed by atoms with Crippen molar-refractivity contribution in [2.75, 3.05) is 17.8 Å². The summed E-state index contributed by atoms with van der Waals surface area (Å²) in [5.41, 5.74) is 2.42. The van der Waals surface area contributed by atoms with Crippen molar-refractivity contribution in [2.45, 2.75) is 31.2 Å². The maximum absolute atomic E-state index is 13.1. The third kappa shape index (κ3) is 6.08. The molecular formula is C27H29N3O4S. The Hall–Kier alpha value is -3.65. The Morgan fingerprint density at radius 2 is 1.60 bits per heavy atom. The number of nitrogens with one attached hydrogen (secondary N) is 2. The molecule has 182 valence electrons. The Labute approximate surface area is 206 Å². The summed E-state index contributed by atoms with van der Waals surface area (Å²) in [5, 5.41) is 2.98. The molecule has 1 fully saturated rings. The molecule has 0 spiro atoms. The fourth-order valence-electron chi connectivity index (χ4n) is 4.24. The highest BCUT2D eigenvalue weighted by Crippen LogP contribution is 2.23. The third-order valence-corrected chi connectivity index (χ3v) is 7.75. The van der Waals surface area contributed by atoms with Crippen molar-refractivity contribution in [3.8, 4) is 0 Å². The lowest BCUT2D eigenvalue weighted by atomic mass is 9.95. The van der Waals surface area contributed by atoms with Crippen LogP contribution in [0, 0.1) is 12.8 Å². The van der Waals surface area contributed by atoms with Crippen molar-refractivity contribution in [2.24, 2.45) is 5.92 Å². The number of nitrogens with zero attached hydrogens (tertiary/aromatic N) is 1. The van der Waals surface area contributed by atoms with Gasteiger partial charge in [0.1, 0.15) is 0 Å². The molecule has 0 aromatic heterocycles. The third-order valence-electron chi connectivity index (χ3n) is 6.21. The summed E-state index contributed by atoms with van der Waals surface area (Å²) in [4.78, 5) is 27.6. The zero-order chi connectivity index (χ0) is 24.8. The second-order valence-electron chi connectivity index (χ2n) is 8.72. The number of carbonyl (C=O) groups is 2. The van der Waals surface area contributed by atoms with Gasteiger partial charge in [-0.05, 0) is 55.2 Å². The normalized spacial score (nSPS) is 14.4. The second kappa shape index (κ2) is 10.7. The van der Waals surface area contributed by atoms with Crippen LogP contribution in [0.5, 0.6) is 0 Å². The number of amides is 2. The number of rotatable bonds is 7. The Morgan fingerprint density at radius 1 is 0.914 bits per heavy atom. The molecule has 4 rings (SSSR count). The van der Waals surface area contributed by atoms with Crippen molar-refractivity contribution in [1.82, 2.24) is 10.2 Å². The summed E-state index contributed by atoms with van der Waals surface area (Å²) in [6, 6.07) is 23.0. The number of anilines is 1. The van der Waals surface area contributed by atoms with E-state index in [2.05, 4.69) is 10.0 Å². The Kier molecular flexibility index (Phi) is 7.51. The number of piperidine rings is 1. The van der Waals surface area contributed by atoms with Crippen LogP contribution < -0.4 is 10.0 Å². The predicted octanol–water partition coefficient (Wildman–Crippen LogP) is 3.96. The first-order valence-corrected chi connectivity index (χ1v) is 13.1. The monoisotopic (exact) mass is 491 g/mol. The summed E-state index contributed by atoms with van der Waals surface area (Å²) < 4.78 is 28.2. The molecule has 0 radical (unpaired) electrons. The quantitative estimate of drug-likeness (QED) is 0.523. The van der Waals surface area contributed by atoms with Crippen LogP contribution in [0.2, 0.25) is 0 Å². The summed E-state index contributed by atoms with van der Waals surface area (Å²) in [6.07, 6.45) is 1.18. The van der Waals surface area contributed by atoms with Crippen molar-refractivity contribution >= 4 is 27.5 Å². The van der Waals surface area contributed by atoms with Crippen LogP contribution in [0.4, 0.5) is 5.69 Å². The summed E-state index contributed by atoms with van der Waals surface area (Å²) in [6.45, 7) is 3.17. The highest BCUT2D eigenvalue weighted by Gasteiger charge is 2.28. The van der Waals surface area contributed by atoms with Crippen LogP contribution in [0.3, 0.4) is 0 Å². The van der Waals surface area contributed by atoms with Crippen LogP contribution >= 0.6 is 0 Å². The zero-order valence-corrected chi connectivity index (χ0v) is 20.4. The molecule has 0 saturated carbocycles. The van der Waals surface area contributed by atoms with Gasteiger partial charge in [-0.3, -0.25) is 14.3 Å². The molecular weight excluding hydrogens is 462 g/mol. The van der Waals surface area contributed by atoms with Gasteiger partial charge in [-0.15, -0.1) is 0 Å². The first-order chi connectivity index (χ1) is 16.8. The molecule has 1 aliphatic rings. The molecule has 0 aliphatic carbocycles. The van der Waals surface area contributed by atoms with Gasteiger partial charge in [0.25, 0.3) is 15.9 Å². The van der Waals surface area contributed by atoms with E-state index in [1.807, 2.05) is 30.3 Å². The maximum atomic E-state index is 13.1. The Bertz CT molecular complexity index is 1300. The molecule has 3 aromatic rings. The van der Waals surface area contributed by atoms with Crippen LogP contribution in [0.25, 0.3) is 0 Å². The van der Waals surface area contributed by atoms with Crippen molar-refractivity contribution in [3.63, 3.8) is 0 Å². The maximum Gasteiger partial charge on any atom is 0.262 e. The van der Waals surface area contributed by atoms with Gasteiger partial charge < -0.3 is 10.2 Å². The average Bonchev–Trinajstić information content (AvgIpc) is 2.87. The van der Waals surface area contributed by atoms with E-state index in [-0.39, 0.29) is 22.6 Å². The molecule has 0 atom stereocenters. The Balaban J connectivity index is 1.34. The lowest BCUT2D eigenvalue weighted by molar-refractivity contribution is -0.126. The van der Waals surface area contributed by atoms with Gasteiger partial charge in [-0.2, -0.15) is 0 Å². The van der Waals surface area contributed by atoms with Gasteiger partial charge in [-0.1, -0.05) is 54.6 Å². The number of likely N-dealkylation sites (tertiary alicyclic amines) is 1. The van der Waals surface area contributed by atoms with Gasteiger partial charge >= 0.3 is 0 Å². The smallest absolute Gasteiger partial charge is 0.262 e. The number of benzene rings is 3. The molecule has 0 bridgehead atoms. The standard InChI is InChI=1S/C27H29N3O4S/c1-20-8-5-6-13-25(20)35(33,34)29-24-12-7-11-23(18-24)27(32)30-16-14-22(15-17-30)26(31)28-19-21-9-3-2-4-10-21/h2-13,18,22,29H,14-17,19H2,1H3,(H,28,31). The SMILES string of the molecule is Cc1ccccc1S(=O)(=O)Nc1cccc(C(=O)N2CCC(C(=O)NCc3ccccc3)CC2)c1. The fraction of sp³-hybridized carbons (Fsp3) is 0.259. The molecule has 1 saturated heterocycles. The Morgan fingerprint density at radius 3 is 2.31 bits per heavy atom. The number of carbonyl (C=O) groups excluding carboxylic acids is 2. The zero-order valence-electron chi connectivity index (χ0n) is 19.6. The second-order valence-corrected chi connectivity index (χ2v) is 10.4. The van der Waals surface area contributed by atoms with Crippen molar-refractivity contribution in [3.05, 3.63) is 95.6 Å². The minimum atomic E-state index is -3.77. The lowest BCUT2D eigenvalue weighted by Gasteiger charge is -2.31. The van der Waals surface area contributed by atoms with E-state index in [9.17, 15) is 18.0 Å². The van der Waals surface area contributed by atoms with Crippen LogP contribution in [0.1, 0.15) is 34.3 Å². The van der Waals surface area contributed by atoms with E-state index in [1.54, 1.807) is 60.4 Å². The van der Waals surface area contributed by atoms with E-state index in [0.29, 0.717) is 49.3 Å². The van der Waals surface area contributed by atoms with Crippen molar-refractivity contribution in [1.29, 1.82) is 0 Å². The molecule has 35 heavy (non-hydrogen) atoms.